The van der Waals surface area contributed by atoms with E-state index in [1.54, 1.807) is 25.7 Å². The zero-order valence-electron chi connectivity index (χ0n) is 16.2. The summed E-state index contributed by atoms with van der Waals surface area (Å²) in [7, 11) is 0. The van der Waals surface area contributed by atoms with Gasteiger partial charge < -0.3 is 0 Å². The standard InChI is InChI=1S/C28H26/c1-5-6-2-8-14(6)13(5)7(1)15-19-17-11-3-9-10-4-12-18-20-16(8)22-21(15)25(19)26(20,22)28(18)24(10,12)23(9,11)27(17,25)28/h5-22H,1-4H2. The second-order valence-corrected chi connectivity index (χ2v) is 16.6. The van der Waals surface area contributed by atoms with Crippen LogP contribution in [0.15, 0.2) is 0 Å². The second kappa shape index (κ2) is 2.07. The molecule has 6 spiro atoms. The quantitative estimate of drug-likeness (QED) is 0.615. The van der Waals surface area contributed by atoms with Gasteiger partial charge in [0.15, 0.2) is 0 Å². The van der Waals surface area contributed by atoms with Gasteiger partial charge in [-0.15, -0.1) is 0 Å². The van der Waals surface area contributed by atoms with Crippen LogP contribution in [0.4, 0.5) is 0 Å². The molecule has 0 aromatic heterocycles. The van der Waals surface area contributed by atoms with Crippen molar-refractivity contribution in [3.8, 4) is 0 Å². The molecule has 138 valence electrons. The third kappa shape index (κ3) is 0.365. The Morgan fingerprint density at radius 3 is 1.32 bits per heavy atom. The van der Waals surface area contributed by atoms with E-state index in [1.165, 1.54) is 107 Å². The maximum absolute atomic E-state index is 1.77. The Kier molecular flexibility index (Phi) is 0.814. The first kappa shape index (κ1) is 11.0. The molecule has 0 aliphatic heterocycles. The van der Waals surface area contributed by atoms with Gasteiger partial charge in [0.25, 0.3) is 0 Å². The van der Waals surface area contributed by atoms with E-state index >= 15 is 0 Å². The van der Waals surface area contributed by atoms with E-state index in [0.29, 0.717) is 0 Å². The minimum atomic E-state index is 1.09. The summed E-state index contributed by atoms with van der Waals surface area (Å²) in [5.74, 6) is 23.9. The molecule has 0 heterocycles. The van der Waals surface area contributed by atoms with Crippen molar-refractivity contribution in [1.82, 2.24) is 0 Å². The van der Waals surface area contributed by atoms with E-state index in [9.17, 15) is 0 Å². The van der Waals surface area contributed by atoms with E-state index in [0.717, 1.165) is 32.5 Å². The van der Waals surface area contributed by atoms with Gasteiger partial charge in [0.2, 0.25) is 0 Å². The highest BCUT2D eigenvalue weighted by Crippen LogP contribution is 3.38. The molecule has 0 heteroatoms. The fraction of sp³-hybridized carbons (Fsp3) is 1.00. The first-order valence-corrected chi connectivity index (χ1v) is 13.9. The van der Waals surface area contributed by atoms with Crippen LogP contribution in [-0.2, 0) is 0 Å². The molecule has 0 aromatic carbocycles. The second-order valence-electron chi connectivity index (χ2n) is 16.6. The Morgan fingerprint density at radius 2 is 0.821 bits per heavy atom. The maximum atomic E-state index is 1.77. The van der Waals surface area contributed by atoms with Crippen LogP contribution in [0.1, 0.15) is 25.7 Å². The molecule has 16 rings (SSSR count). The predicted octanol–water partition coefficient (Wildman–Crippen LogP) is 3.77. The van der Waals surface area contributed by atoms with Gasteiger partial charge in [0.05, 0.1) is 0 Å². The van der Waals surface area contributed by atoms with Crippen molar-refractivity contribution in [2.75, 3.05) is 0 Å². The molecule has 0 radical (unpaired) electrons. The average molecular weight is 363 g/mol. The largest absolute Gasteiger partial charge is 0.0465 e. The molecule has 28 heavy (non-hydrogen) atoms. The normalized spacial score (nSPS) is 114. The van der Waals surface area contributed by atoms with Crippen LogP contribution in [0.5, 0.6) is 0 Å². The molecular weight excluding hydrogens is 336 g/mol. The van der Waals surface area contributed by atoms with Gasteiger partial charge in [-0.1, -0.05) is 0 Å². The third-order valence-corrected chi connectivity index (χ3v) is 20.3. The molecule has 0 bridgehead atoms. The summed E-state index contributed by atoms with van der Waals surface area (Å²) < 4.78 is 0. The van der Waals surface area contributed by atoms with Crippen LogP contribution >= 0.6 is 0 Å². The maximum Gasteiger partial charge on any atom is -0.00569 e. The van der Waals surface area contributed by atoms with E-state index in [-0.39, 0.29) is 0 Å². The van der Waals surface area contributed by atoms with Crippen LogP contribution < -0.4 is 0 Å². The molecule has 0 N–H and O–H groups in total. The fourth-order valence-corrected chi connectivity index (χ4v) is 23.0. The van der Waals surface area contributed by atoms with Gasteiger partial charge in [-0.2, -0.15) is 0 Å². The Balaban J connectivity index is 1.08. The van der Waals surface area contributed by atoms with Crippen LogP contribution in [0.2, 0.25) is 0 Å². The number of rotatable bonds is 0. The number of hydrogen-bond donors (Lipinski definition) is 0. The molecule has 0 aromatic rings. The lowest BCUT2D eigenvalue weighted by atomic mass is 8.65. The lowest BCUT2D eigenvalue weighted by Gasteiger charge is -3.38. The van der Waals surface area contributed by atoms with E-state index in [1.807, 2.05) is 0 Å². The van der Waals surface area contributed by atoms with E-state index < -0.39 is 0 Å². The van der Waals surface area contributed by atoms with Crippen LogP contribution in [0, 0.1) is 139 Å². The first-order chi connectivity index (χ1) is 13.9. The van der Waals surface area contributed by atoms with Crippen LogP contribution in [0.25, 0.3) is 0 Å². The summed E-state index contributed by atoms with van der Waals surface area (Å²) in [6.45, 7) is 0. The topological polar surface area (TPSA) is 0 Å². The molecular formula is C28H26. The Hall–Kier alpha value is 0. The summed E-state index contributed by atoms with van der Waals surface area (Å²) in [6.07, 6.45) is 7.03. The van der Waals surface area contributed by atoms with Crippen molar-refractivity contribution in [3.63, 3.8) is 0 Å². The molecule has 24 unspecified atom stereocenters. The SMILES string of the molecule is C1C2C3CC4C3C2C1C1C2C3C4C4C5C6CC7C8CC9C%10C1C21C34C52C76C89C%1012. The molecule has 0 saturated heterocycles. The van der Waals surface area contributed by atoms with Crippen molar-refractivity contribution >= 4 is 0 Å². The molecule has 0 amide bonds. The van der Waals surface area contributed by atoms with Gasteiger partial charge in [-0.3, -0.25) is 0 Å². The van der Waals surface area contributed by atoms with Crippen molar-refractivity contribution in [2.45, 2.75) is 25.7 Å². The molecule has 16 fully saturated rings. The molecule has 0 nitrogen and oxygen atoms in total. The minimum absolute atomic E-state index is 1.09. The van der Waals surface area contributed by atoms with Crippen molar-refractivity contribution in [2.24, 2.45) is 139 Å². The first-order valence-electron chi connectivity index (χ1n) is 13.9. The number of hydrogen-bond acceptors (Lipinski definition) is 0. The fourth-order valence-electron chi connectivity index (χ4n) is 23.0. The summed E-state index contributed by atoms with van der Waals surface area (Å²) in [5, 5.41) is 0. The highest BCUT2D eigenvalue weighted by atomic mass is 15.4. The van der Waals surface area contributed by atoms with Gasteiger partial charge in [-0.25, -0.2) is 0 Å². The minimum Gasteiger partial charge on any atom is -0.0465 e. The molecule has 24 atom stereocenters. The van der Waals surface area contributed by atoms with Crippen molar-refractivity contribution in [1.29, 1.82) is 0 Å². The zero-order chi connectivity index (χ0) is 16.2. The Morgan fingerprint density at radius 1 is 0.357 bits per heavy atom. The van der Waals surface area contributed by atoms with Gasteiger partial charge in [-0.05, 0) is 165 Å². The summed E-state index contributed by atoms with van der Waals surface area (Å²) in [4.78, 5) is 0. The van der Waals surface area contributed by atoms with Gasteiger partial charge >= 0.3 is 0 Å². The van der Waals surface area contributed by atoms with Gasteiger partial charge in [0, 0.05) is 0 Å². The summed E-state index contributed by atoms with van der Waals surface area (Å²) >= 11 is 0. The van der Waals surface area contributed by atoms with E-state index in [4.69, 9.17) is 0 Å². The molecule has 16 saturated carbocycles. The van der Waals surface area contributed by atoms with Crippen molar-refractivity contribution in [3.05, 3.63) is 0 Å². The molecule has 16 aliphatic carbocycles. The van der Waals surface area contributed by atoms with Crippen molar-refractivity contribution < 1.29 is 0 Å². The van der Waals surface area contributed by atoms with Gasteiger partial charge in [0.1, 0.15) is 0 Å². The monoisotopic (exact) mass is 362 g/mol. The highest BCUT2D eigenvalue weighted by molar-refractivity contribution is 5.81. The van der Waals surface area contributed by atoms with Crippen LogP contribution in [0.3, 0.4) is 0 Å². The zero-order valence-corrected chi connectivity index (χ0v) is 16.2. The summed E-state index contributed by atoms with van der Waals surface area (Å²) in [6, 6.07) is 0. The predicted molar refractivity (Wildman–Crippen MR) is 95.9 cm³/mol. The van der Waals surface area contributed by atoms with Crippen LogP contribution in [-0.4, -0.2) is 0 Å². The smallest absolute Gasteiger partial charge is 0.00569 e. The third-order valence-electron chi connectivity index (χ3n) is 20.3. The van der Waals surface area contributed by atoms with E-state index in [2.05, 4.69) is 0 Å². The highest BCUT2D eigenvalue weighted by Gasteiger charge is 3.36. The Labute approximate surface area is 164 Å². The number of fused-ring (bicyclic) bond motifs is 10. The lowest BCUT2D eigenvalue weighted by molar-refractivity contribution is -0.925. The Bertz CT molecular complexity index is 1130. The average Bonchev–Trinajstić information content (AvgIpc) is 2.58. The lowest BCUT2D eigenvalue weighted by Crippen LogP contribution is -3.36. The molecule has 16 aliphatic rings. The summed E-state index contributed by atoms with van der Waals surface area (Å²) in [5.41, 5.74) is 6.57.